The Morgan fingerprint density at radius 2 is 1.12 bits per heavy atom. The molecule has 5 N–H and O–H groups in total. The van der Waals surface area contributed by atoms with Gasteiger partial charge in [-0.15, -0.1) is 0 Å². The lowest BCUT2D eigenvalue weighted by Crippen LogP contribution is -2.59. The fourth-order valence-corrected chi connectivity index (χ4v) is 8.58. The number of rotatable bonds is 45. The van der Waals surface area contributed by atoms with Crippen molar-refractivity contribution in [2.75, 3.05) is 72.9 Å². The van der Waals surface area contributed by atoms with Crippen LogP contribution in [0.5, 0.6) is 0 Å². The van der Waals surface area contributed by atoms with Crippen LogP contribution in [0.15, 0.2) is 48.6 Å². The third kappa shape index (κ3) is 31.4. The number of carbonyl (C=O) groups excluding carboxylic acids is 1. The number of unbranched alkanes of at least 4 members (excludes halogenated alkanes) is 18. The van der Waals surface area contributed by atoms with E-state index in [2.05, 4.69) is 67.8 Å². The van der Waals surface area contributed by atoms with Gasteiger partial charge in [-0.1, -0.05) is 140 Å². The zero-order valence-electron chi connectivity index (χ0n) is 43.1. The second-order valence-electron chi connectivity index (χ2n) is 19.0. The number of aliphatic hydroxyl groups is 4. The highest BCUT2D eigenvalue weighted by atomic mass is 16.7. The van der Waals surface area contributed by atoms with Gasteiger partial charge in [0.05, 0.1) is 58.9 Å². The average Bonchev–Trinajstić information content (AvgIpc) is 3.73. The van der Waals surface area contributed by atoms with E-state index in [-0.39, 0.29) is 31.8 Å². The molecule has 0 aromatic carbocycles. The number of nitrogens with zero attached hydrogens (tertiary/aromatic N) is 1. The minimum Gasteiger partial charge on any atom is -0.394 e. The Morgan fingerprint density at radius 3 is 1.65 bits per heavy atom. The lowest BCUT2D eigenvalue weighted by atomic mass is 9.98. The lowest BCUT2D eigenvalue weighted by Gasteiger charge is -2.39. The summed E-state index contributed by atoms with van der Waals surface area (Å²) in [5, 5.41) is 42.0. The van der Waals surface area contributed by atoms with E-state index in [0.717, 1.165) is 38.5 Å². The highest BCUT2D eigenvalue weighted by molar-refractivity contribution is 5.77. The molecule has 0 aromatic rings. The van der Waals surface area contributed by atoms with E-state index >= 15 is 0 Å². The van der Waals surface area contributed by atoms with Crippen molar-refractivity contribution in [3.05, 3.63) is 48.6 Å². The Kier molecular flexibility index (Phi) is 39.0. The maximum absolute atomic E-state index is 12.7. The standard InChI is InChI=1S/C55H100N2O11/c1-4-6-8-10-12-14-16-18-20-22-24-26-28-30-32-34-36-55(37-35-33-31-29-27-25-23-21-19-17-15-13-11-9-7-5-2)66-47-48(68-55)44-57(3)45-50(59)56-38-39-63-40-41-64-42-43-65-54-53(62)52(61)51(60)49(46-58)67-54/h12-15,18-21,48-49,51-54,58,60-62H,4-11,16-17,22-47H2,1-3H3,(H,56,59)/b14-12-,15-13-,20-18-,21-19-/t48-,49?,51-,52-,53?,54+/m0/s1. The van der Waals surface area contributed by atoms with Crippen molar-refractivity contribution in [2.24, 2.45) is 0 Å². The zero-order chi connectivity index (χ0) is 49.2. The Hall–Kier alpha value is -2.01. The van der Waals surface area contributed by atoms with Gasteiger partial charge in [0.1, 0.15) is 24.4 Å². The fourth-order valence-electron chi connectivity index (χ4n) is 8.58. The number of aliphatic hydroxyl groups excluding tert-OH is 4. The molecular formula is C55H100N2O11. The molecule has 0 aliphatic carbocycles. The minimum absolute atomic E-state index is 0.0683. The first kappa shape index (κ1) is 62.1. The molecule has 0 radical (unpaired) electrons. The molecular weight excluding hydrogens is 865 g/mol. The van der Waals surface area contributed by atoms with Gasteiger partial charge in [-0.2, -0.15) is 0 Å². The van der Waals surface area contributed by atoms with Crippen LogP contribution in [-0.2, 0) is 33.2 Å². The Labute approximate surface area is 413 Å². The average molecular weight is 965 g/mol. The lowest BCUT2D eigenvalue weighted by molar-refractivity contribution is -0.302. The molecule has 2 aliphatic rings. The molecule has 2 heterocycles. The number of hydrogen-bond acceptors (Lipinski definition) is 12. The second-order valence-corrected chi connectivity index (χ2v) is 19.0. The Bertz CT molecular complexity index is 1250. The van der Waals surface area contributed by atoms with Crippen LogP contribution in [0.25, 0.3) is 0 Å². The van der Waals surface area contributed by atoms with Crippen molar-refractivity contribution in [2.45, 2.75) is 223 Å². The van der Waals surface area contributed by atoms with Gasteiger partial charge in [0.25, 0.3) is 0 Å². The van der Waals surface area contributed by atoms with Crippen LogP contribution in [0.3, 0.4) is 0 Å². The quantitative estimate of drug-likeness (QED) is 0.0290. The topological polar surface area (TPSA) is 169 Å². The van der Waals surface area contributed by atoms with Gasteiger partial charge in [0.2, 0.25) is 5.91 Å². The van der Waals surface area contributed by atoms with Crippen molar-refractivity contribution in [3.8, 4) is 0 Å². The van der Waals surface area contributed by atoms with Crippen LogP contribution < -0.4 is 5.32 Å². The summed E-state index contributed by atoms with van der Waals surface area (Å²) in [7, 11) is 1.95. The Morgan fingerprint density at radius 1 is 0.632 bits per heavy atom. The van der Waals surface area contributed by atoms with Gasteiger partial charge >= 0.3 is 0 Å². The van der Waals surface area contributed by atoms with Crippen LogP contribution in [0, 0.1) is 0 Å². The number of carbonyl (C=O) groups is 1. The number of hydrogen-bond donors (Lipinski definition) is 5. The molecule has 0 bridgehead atoms. The van der Waals surface area contributed by atoms with Gasteiger partial charge < -0.3 is 54.2 Å². The van der Waals surface area contributed by atoms with Crippen molar-refractivity contribution in [3.63, 3.8) is 0 Å². The molecule has 2 fully saturated rings. The molecule has 2 unspecified atom stereocenters. The highest BCUT2D eigenvalue weighted by Gasteiger charge is 2.44. The third-order valence-electron chi connectivity index (χ3n) is 12.7. The molecule has 0 spiro atoms. The van der Waals surface area contributed by atoms with E-state index in [9.17, 15) is 25.2 Å². The van der Waals surface area contributed by atoms with E-state index in [1.165, 1.54) is 128 Å². The van der Waals surface area contributed by atoms with Crippen LogP contribution in [0.2, 0.25) is 0 Å². The van der Waals surface area contributed by atoms with E-state index in [1.54, 1.807) is 0 Å². The highest BCUT2D eigenvalue weighted by Crippen LogP contribution is 2.35. The zero-order valence-corrected chi connectivity index (χ0v) is 43.1. The van der Waals surface area contributed by atoms with Crippen LogP contribution in [0.1, 0.15) is 181 Å². The second kappa shape index (κ2) is 42.7. The summed E-state index contributed by atoms with van der Waals surface area (Å²) >= 11 is 0. The molecule has 0 aromatic heterocycles. The molecule has 68 heavy (non-hydrogen) atoms. The first-order valence-electron chi connectivity index (χ1n) is 27.2. The van der Waals surface area contributed by atoms with Gasteiger partial charge in [0.15, 0.2) is 12.1 Å². The third-order valence-corrected chi connectivity index (χ3v) is 12.7. The number of ether oxygens (including phenoxy) is 6. The summed E-state index contributed by atoms with van der Waals surface area (Å²) in [5.41, 5.74) is 0. The van der Waals surface area contributed by atoms with Gasteiger partial charge in [-0.25, -0.2) is 0 Å². The van der Waals surface area contributed by atoms with Crippen molar-refractivity contribution >= 4 is 5.91 Å². The maximum atomic E-state index is 12.7. The summed E-state index contributed by atoms with van der Waals surface area (Å²) in [4.78, 5) is 14.7. The summed E-state index contributed by atoms with van der Waals surface area (Å²) < 4.78 is 35.1. The molecule has 13 heteroatoms. The van der Waals surface area contributed by atoms with Gasteiger partial charge in [0, 0.05) is 25.9 Å². The number of amides is 1. The molecule has 2 rings (SSSR count). The summed E-state index contributed by atoms with van der Waals surface area (Å²) in [6.45, 7) is 6.99. The first-order chi connectivity index (χ1) is 33.2. The normalized spacial score (nSPS) is 22.1. The van der Waals surface area contributed by atoms with E-state index in [1.807, 2.05) is 11.9 Å². The fraction of sp³-hybridized carbons (Fsp3) is 0.836. The molecule has 1 amide bonds. The van der Waals surface area contributed by atoms with E-state index in [0.29, 0.717) is 39.5 Å². The summed E-state index contributed by atoms with van der Waals surface area (Å²) in [6.07, 6.45) is 43.2. The monoisotopic (exact) mass is 965 g/mol. The predicted octanol–water partition coefficient (Wildman–Crippen LogP) is 9.40. The molecule has 396 valence electrons. The van der Waals surface area contributed by atoms with E-state index < -0.39 is 43.1 Å². The first-order valence-corrected chi connectivity index (χ1v) is 27.2. The molecule has 2 saturated heterocycles. The van der Waals surface area contributed by atoms with Crippen LogP contribution >= 0.6 is 0 Å². The van der Waals surface area contributed by atoms with Crippen molar-refractivity contribution in [1.82, 2.24) is 10.2 Å². The summed E-state index contributed by atoms with van der Waals surface area (Å²) in [6, 6.07) is 0. The largest absolute Gasteiger partial charge is 0.394 e. The maximum Gasteiger partial charge on any atom is 0.234 e. The minimum atomic E-state index is -1.49. The van der Waals surface area contributed by atoms with Crippen molar-refractivity contribution < 1.29 is 53.6 Å². The van der Waals surface area contributed by atoms with Crippen LogP contribution in [-0.4, -0.2) is 147 Å². The van der Waals surface area contributed by atoms with Crippen LogP contribution in [0.4, 0.5) is 0 Å². The molecule has 13 nitrogen and oxygen atoms in total. The van der Waals surface area contributed by atoms with Crippen molar-refractivity contribution in [1.29, 1.82) is 0 Å². The number of allylic oxidation sites excluding steroid dienone is 8. The number of likely N-dealkylation sites (N-methyl/N-ethyl adjacent to an activating group) is 1. The predicted molar refractivity (Wildman–Crippen MR) is 273 cm³/mol. The number of nitrogens with one attached hydrogen (secondary N) is 1. The van der Waals surface area contributed by atoms with E-state index in [4.69, 9.17) is 28.4 Å². The molecule has 6 atom stereocenters. The van der Waals surface area contributed by atoms with Gasteiger partial charge in [-0.3, -0.25) is 9.69 Å². The molecule has 2 aliphatic heterocycles. The Balaban J connectivity index is 1.63. The molecule has 0 saturated carbocycles. The summed E-state index contributed by atoms with van der Waals surface area (Å²) in [5.74, 6) is -0.609. The SMILES string of the molecule is CCCCC/C=C\C/C=C\CCCCCCCCC1(CCCCCCCC/C=C\C/C=C\CCCCC)OC[C@H](CN(C)CC(=O)NCCOCCOCCO[C@@H]2OC(CO)[C@H](O)[C@H](O)C2O)O1. The smallest absolute Gasteiger partial charge is 0.234 e. The van der Waals surface area contributed by atoms with Gasteiger partial charge in [-0.05, 0) is 84.1 Å².